The largest absolute Gasteiger partial charge is 0.463 e. The number of carbonyl (C=O) groups excluding carboxylic acids is 3. The molecule has 0 fully saturated rings. The van der Waals surface area contributed by atoms with E-state index >= 15 is 0 Å². The first-order valence-corrected chi connectivity index (χ1v) is 11.1. The quantitative estimate of drug-likeness (QED) is 0.225. The van der Waals surface area contributed by atoms with E-state index in [1.807, 2.05) is 34.6 Å². The summed E-state index contributed by atoms with van der Waals surface area (Å²) in [5, 5.41) is 8.36. The van der Waals surface area contributed by atoms with Crippen LogP contribution in [0.25, 0.3) is 0 Å². The summed E-state index contributed by atoms with van der Waals surface area (Å²) in [6, 6.07) is 6.40. The maximum absolute atomic E-state index is 11.7. The van der Waals surface area contributed by atoms with Crippen LogP contribution in [-0.4, -0.2) is 48.1 Å². The van der Waals surface area contributed by atoms with Crippen LogP contribution in [0.3, 0.4) is 0 Å². The molecule has 0 saturated heterocycles. The molecule has 1 N–H and O–H groups in total. The lowest BCUT2D eigenvalue weighted by Crippen LogP contribution is -2.14. The Bertz CT molecular complexity index is 682. The zero-order valence-electron chi connectivity index (χ0n) is 21.0. The van der Waals surface area contributed by atoms with Crippen LogP contribution in [0, 0.1) is 0 Å². The van der Waals surface area contributed by atoms with Gasteiger partial charge in [-0.1, -0.05) is 27.4 Å². The van der Waals surface area contributed by atoms with Crippen molar-refractivity contribution in [1.29, 1.82) is 0 Å². The second-order valence-corrected chi connectivity index (χ2v) is 7.16. The molecule has 3 atom stereocenters. The summed E-state index contributed by atoms with van der Waals surface area (Å²) in [5.74, 6) is -0.635. The zero-order chi connectivity index (χ0) is 25.8. The molecule has 8 heteroatoms. The van der Waals surface area contributed by atoms with Gasteiger partial charge in [0.1, 0.15) is 5.75 Å². The van der Waals surface area contributed by atoms with Crippen molar-refractivity contribution in [2.24, 2.45) is 0 Å². The second-order valence-electron chi connectivity index (χ2n) is 7.16. The van der Waals surface area contributed by atoms with Crippen LogP contribution in [-0.2, 0) is 23.8 Å². The van der Waals surface area contributed by atoms with E-state index in [9.17, 15) is 14.4 Å². The van der Waals surface area contributed by atoms with Gasteiger partial charge in [0.2, 0.25) is 6.79 Å². The van der Waals surface area contributed by atoms with Crippen molar-refractivity contribution in [1.82, 2.24) is 0 Å². The van der Waals surface area contributed by atoms with Crippen LogP contribution < -0.4 is 4.74 Å². The minimum atomic E-state index is -0.557. The van der Waals surface area contributed by atoms with E-state index in [1.54, 1.807) is 31.2 Å². The SMILES string of the molecule is C=CC(=O)OCOc1ccc(C(=O)OC(C)CC)cc1.CCC(C)O.CCC(C)OC(C)=O. The van der Waals surface area contributed by atoms with E-state index in [1.165, 1.54) is 6.92 Å². The van der Waals surface area contributed by atoms with E-state index in [0.717, 1.165) is 25.3 Å². The van der Waals surface area contributed by atoms with Gasteiger partial charge in [-0.25, -0.2) is 9.59 Å². The average Bonchev–Trinajstić information content (AvgIpc) is 2.79. The molecule has 0 aliphatic rings. The summed E-state index contributed by atoms with van der Waals surface area (Å²) < 4.78 is 19.8. The summed E-state index contributed by atoms with van der Waals surface area (Å²) >= 11 is 0. The van der Waals surface area contributed by atoms with Gasteiger partial charge in [-0.15, -0.1) is 0 Å². The maximum atomic E-state index is 11.7. The van der Waals surface area contributed by atoms with E-state index in [2.05, 4.69) is 11.3 Å². The molecule has 3 unspecified atom stereocenters. The van der Waals surface area contributed by atoms with Crippen molar-refractivity contribution in [2.75, 3.05) is 6.79 Å². The molecule has 1 rings (SSSR count). The van der Waals surface area contributed by atoms with Gasteiger partial charge in [-0.2, -0.15) is 0 Å². The van der Waals surface area contributed by atoms with E-state index in [4.69, 9.17) is 19.3 Å². The van der Waals surface area contributed by atoms with Crippen LogP contribution in [0.1, 0.15) is 78.1 Å². The fourth-order valence-corrected chi connectivity index (χ4v) is 1.60. The predicted octanol–water partition coefficient (Wildman–Crippen LogP) is 4.83. The molecule has 8 nitrogen and oxygen atoms in total. The first-order chi connectivity index (χ1) is 15.5. The molecule has 188 valence electrons. The topological polar surface area (TPSA) is 108 Å². The molecule has 0 amide bonds. The highest BCUT2D eigenvalue weighted by Gasteiger charge is 2.10. The Kier molecular flexibility index (Phi) is 19.4. The van der Waals surface area contributed by atoms with E-state index in [0.29, 0.717) is 11.3 Å². The standard InChI is InChI=1S/C15H18O5.C6H12O2.C4H10O/c1-4-11(3)20-15(17)12-6-8-13(9-7-12)18-10-19-14(16)5-2;1-4-5(2)8-6(3)7;1-3-4(2)5/h5-9,11H,2,4,10H2,1,3H3;5H,4H2,1-3H3;4-5H,3H2,1-2H3. The highest BCUT2D eigenvalue weighted by Crippen LogP contribution is 2.14. The number of ether oxygens (including phenoxy) is 4. The minimum Gasteiger partial charge on any atom is -0.463 e. The fraction of sp³-hybridized carbons (Fsp3) is 0.560. The molecular weight excluding hydrogens is 428 g/mol. The van der Waals surface area contributed by atoms with Gasteiger partial charge in [0.15, 0.2) is 0 Å². The van der Waals surface area contributed by atoms with Crippen molar-refractivity contribution in [2.45, 2.75) is 86.0 Å². The number of aliphatic hydroxyl groups excluding tert-OH is 1. The highest BCUT2D eigenvalue weighted by molar-refractivity contribution is 5.89. The monoisotopic (exact) mass is 468 g/mol. The average molecular weight is 469 g/mol. The van der Waals surface area contributed by atoms with E-state index < -0.39 is 5.97 Å². The number of hydrogen-bond acceptors (Lipinski definition) is 8. The van der Waals surface area contributed by atoms with Gasteiger partial charge in [0, 0.05) is 13.0 Å². The predicted molar refractivity (Wildman–Crippen MR) is 127 cm³/mol. The Morgan fingerprint density at radius 2 is 1.42 bits per heavy atom. The van der Waals surface area contributed by atoms with Crippen LogP contribution in [0.4, 0.5) is 0 Å². The normalized spacial score (nSPS) is 12.2. The molecule has 0 saturated carbocycles. The summed E-state index contributed by atoms with van der Waals surface area (Å²) in [5.41, 5.74) is 0.445. The lowest BCUT2D eigenvalue weighted by atomic mass is 10.2. The molecular formula is C25H40O8. The third kappa shape index (κ3) is 19.5. The third-order valence-electron chi connectivity index (χ3n) is 4.10. The number of aliphatic hydroxyl groups is 1. The van der Waals surface area contributed by atoms with Gasteiger partial charge in [0.05, 0.1) is 23.9 Å². The van der Waals surface area contributed by atoms with Gasteiger partial charge >= 0.3 is 17.9 Å². The summed E-state index contributed by atoms with van der Waals surface area (Å²) in [6.45, 7) is 15.8. The van der Waals surface area contributed by atoms with Crippen molar-refractivity contribution < 1.29 is 38.4 Å². The first-order valence-electron chi connectivity index (χ1n) is 11.1. The Hall–Kier alpha value is -2.87. The number of benzene rings is 1. The van der Waals surface area contributed by atoms with Crippen molar-refractivity contribution in [3.63, 3.8) is 0 Å². The molecule has 1 aromatic rings. The molecule has 0 bridgehead atoms. The number of hydrogen-bond donors (Lipinski definition) is 1. The smallest absolute Gasteiger partial charge is 0.338 e. The summed E-state index contributed by atoms with van der Waals surface area (Å²) in [6.07, 6.45) is 3.41. The third-order valence-corrected chi connectivity index (χ3v) is 4.10. The summed E-state index contributed by atoms with van der Waals surface area (Å²) in [4.78, 5) is 32.7. The van der Waals surface area contributed by atoms with Crippen LogP contribution in [0.5, 0.6) is 5.75 Å². The van der Waals surface area contributed by atoms with E-state index in [-0.39, 0.29) is 37.0 Å². The number of esters is 3. The maximum Gasteiger partial charge on any atom is 0.338 e. The van der Waals surface area contributed by atoms with Gasteiger partial charge in [-0.05, 0) is 64.3 Å². The molecule has 1 aromatic carbocycles. The Morgan fingerprint density at radius 1 is 0.939 bits per heavy atom. The van der Waals surface area contributed by atoms with Gasteiger partial charge < -0.3 is 24.1 Å². The highest BCUT2D eigenvalue weighted by atomic mass is 16.7. The van der Waals surface area contributed by atoms with Crippen molar-refractivity contribution in [3.8, 4) is 5.75 Å². The van der Waals surface area contributed by atoms with Crippen LogP contribution in [0.2, 0.25) is 0 Å². The minimum absolute atomic E-state index is 0.0764. The van der Waals surface area contributed by atoms with Crippen molar-refractivity contribution in [3.05, 3.63) is 42.5 Å². The lowest BCUT2D eigenvalue weighted by molar-refractivity contribution is -0.146. The molecule has 0 aliphatic heterocycles. The van der Waals surface area contributed by atoms with Crippen molar-refractivity contribution >= 4 is 17.9 Å². The zero-order valence-corrected chi connectivity index (χ0v) is 21.0. The second kappa shape index (κ2) is 19.8. The molecule has 0 radical (unpaired) electrons. The number of rotatable bonds is 10. The molecule has 0 heterocycles. The first kappa shape index (κ1) is 32.3. The summed E-state index contributed by atoms with van der Waals surface area (Å²) in [7, 11) is 0. The van der Waals surface area contributed by atoms with Crippen LogP contribution >= 0.6 is 0 Å². The molecule has 0 aliphatic carbocycles. The number of carbonyl (C=O) groups is 3. The Balaban J connectivity index is 0. The van der Waals surface area contributed by atoms with Gasteiger partial charge in [0.25, 0.3) is 0 Å². The fourth-order valence-electron chi connectivity index (χ4n) is 1.60. The van der Waals surface area contributed by atoms with Gasteiger partial charge in [-0.3, -0.25) is 4.79 Å². The molecule has 0 spiro atoms. The lowest BCUT2D eigenvalue weighted by Gasteiger charge is -2.11. The Morgan fingerprint density at radius 3 is 1.79 bits per heavy atom. The molecule has 0 aromatic heterocycles. The molecule has 33 heavy (non-hydrogen) atoms. The van der Waals surface area contributed by atoms with Crippen LogP contribution in [0.15, 0.2) is 36.9 Å². The Labute approximate surface area is 197 Å².